The highest BCUT2D eigenvalue weighted by atomic mass is 19.1. The monoisotopic (exact) mass is 375 g/mol. The third-order valence-corrected chi connectivity index (χ3v) is 3.90. The molecule has 26 heavy (non-hydrogen) atoms. The minimum atomic E-state index is -1.56. The Balaban J connectivity index is 2.09. The Morgan fingerprint density at radius 1 is 1.42 bits per heavy atom. The molecule has 146 valence electrons. The van der Waals surface area contributed by atoms with E-state index in [0.717, 1.165) is 12.8 Å². The molecule has 1 amide bonds. The fourth-order valence-corrected chi connectivity index (χ4v) is 2.47. The molecular formula is C15H22FN3O7. The van der Waals surface area contributed by atoms with Crippen molar-refractivity contribution in [3.63, 3.8) is 0 Å². The number of halogens is 1. The van der Waals surface area contributed by atoms with Crippen LogP contribution in [0.5, 0.6) is 0 Å². The molecule has 0 bridgehead atoms. The van der Waals surface area contributed by atoms with Crippen molar-refractivity contribution in [3.8, 4) is 0 Å². The van der Waals surface area contributed by atoms with Crippen LogP contribution in [-0.4, -0.2) is 62.5 Å². The van der Waals surface area contributed by atoms with Gasteiger partial charge >= 0.3 is 11.8 Å². The molecule has 1 saturated heterocycles. The molecule has 1 aliphatic heterocycles. The summed E-state index contributed by atoms with van der Waals surface area (Å²) >= 11 is 0. The molecule has 4 atom stereocenters. The van der Waals surface area contributed by atoms with Crippen LogP contribution in [0.3, 0.4) is 0 Å². The van der Waals surface area contributed by atoms with Gasteiger partial charge in [-0.1, -0.05) is 19.8 Å². The van der Waals surface area contributed by atoms with E-state index in [4.69, 9.17) is 14.6 Å². The van der Waals surface area contributed by atoms with Gasteiger partial charge in [0, 0.05) is 0 Å². The molecule has 0 saturated carbocycles. The lowest BCUT2D eigenvalue weighted by atomic mass is 10.1. The van der Waals surface area contributed by atoms with Crippen LogP contribution in [0.15, 0.2) is 11.0 Å². The number of nitrogens with one attached hydrogen (secondary N) is 1. The van der Waals surface area contributed by atoms with E-state index in [2.05, 4.69) is 4.98 Å². The second-order valence-electron chi connectivity index (χ2n) is 5.82. The van der Waals surface area contributed by atoms with Crippen LogP contribution in [0.4, 0.5) is 15.0 Å². The maximum Gasteiger partial charge on any atom is 0.412 e. The zero-order valence-corrected chi connectivity index (χ0v) is 14.2. The summed E-state index contributed by atoms with van der Waals surface area (Å²) in [6, 6.07) is 0. The van der Waals surface area contributed by atoms with Crippen LogP contribution in [0.2, 0.25) is 0 Å². The fourth-order valence-electron chi connectivity index (χ4n) is 2.47. The van der Waals surface area contributed by atoms with Crippen LogP contribution in [0.25, 0.3) is 0 Å². The first-order chi connectivity index (χ1) is 12.4. The fraction of sp³-hybridized carbons (Fsp3) is 0.667. The summed E-state index contributed by atoms with van der Waals surface area (Å²) in [5.74, 6) is -1.69. The van der Waals surface area contributed by atoms with Crippen molar-refractivity contribution in [2.45, 2.75) is 50.7 Å². The molecule has 4 N–H and O–H groups in total. The van der Waals surface area contributed by atoms with Crippen molar-refractivity contribution in [2.75, 3.05) is 18.5 Å². The topological polar surface area (TPSA) is 143 Å². The molecule has 11 heteroatoms. The van der Waals surface area contributed by atoms with Gasteiger partial charge in [-0.15, -0.1) is 0 Å². The third-order valence-electron chi connectivity index (χ3n) is 3.90. The van der Waals surface area contributed by atoms with Crippen LogP contribution in [0, 0.1) is 5.82 Å². The summed E-state index contributed by atoms with van der Waals surface area (Å²) in [7, 11) is 0. The van der Waals surface area contributed by atoms with Crippen LogP contribution in [-0.2, 0) is 9.47 Å². The molecule has 0 aliphatic carbocycles. The Morgan fingerprint density at radius 2 is 2.15 bits per heavy atom. The zero-order chi connectivity index (χ0) is 19.3. The number of hydrogen-bond acceptors (Lipinski definition) is 8. The van der Waals surface area contributed by atoms with Gasteiger partial charge in [0.15, 0.2) is 17.9 Å². The summed E-state index contributed by atoms with van der Waals surface area (Å²) in [5, 5.41) is 30.7. The number of unbranched alkanes of at least 4 members (excludes halogenated alkanes) is 2. The molecule has 0 radical (unpaired) electrons. The van der Waals surface area contributed by atoms with E-state index in [0.29, 0.717) is 17.2 Å². The summed E-state index contributed by atoms with van der Waals surface area (Å²) in [5.41, 5.74) is -1.03. The SMILES string of the molecule is CCCCCOC(=O)Nc1nc(=O)n(C2OC(CO)C(O)C2O)cc1F. The van der Waals surface area contributed by atoms with Gasteiger partial charge in [0.05, 0.1) is 19.4 Å². The number of rotatable bonds is 7. The van der Waals surface area contributed by atoms with Gasteiger partial charge in [-0.05, 0) is 6.42 Å². The van der Waals surface area contributed by atoms with E-state index in [1.54, 1.807) is 0 Å². The molecule has 0 spiro atoms. The molecule has 0 aromatic carbocycles. The number of aliphatic hydroxyl groups excluding tert-OH is 3. The van der Waals surface area contributed by atoms with Gasteiger partial charge in [-0.3, -0.25) is 9.88 Å². The lowest BCUT2D eigenvalue weighted by molar-refractivity contribution is -0.0553. The summed E-state index contributed by atoms with van der Waals surface area (Å²) in [6.07, 6.45) is -3.34. The van der Waals surface area contributed by atoms with Gasteiger partial charge in [-0.25, -0.2) is 14.0 Å². The minimum Gasteiger partial charge on any atom is -0.449 e. The van der Waals surface area contributed by atoms with Crippen LogP contribution in [0.1, 0.15) is 32.4 Å². The Bertz CT molecular complexity index is 684. The summed E-state index contributed by atoms with van der Waals surface area (Å²) in [4.78, 5) is 27.0. The normalized spacial score (nSPS) is 25.3. The first-order valence-corrected chi connectivity index (χ1v) is 8.24. The predicted octanol–water partition coefficient (Wildman–Crippen LogP) is -0.267. The Labute approximate surface area is 148 Å². The molecule has 10 nitrogen and oxygen atoms in total. The minimum absolute atomic E-state index is 0.154. The number of anilines is 1. The smallest absolute Gasteiger partial charge is 0.412 e. The number of hydrogen-bond donors (Lipinski definition) is 4. The first kappa shape index (κ1) is 20.2. The quantitative estimate of drug-likeness (QED) is 0.477. The van der Waals surface area contributed by atoms with Crippen molar-refractivity contribution in [2.24, 2.45) is 0 Å². The van der Waals surface area contributed by atoms with Gasteiger partial charge in [0.2, 0.25) is 0 Å². The Kier molecular flexibility index (Phi) is 7.03. The number of carbonyl (C=O) groups excluding carboxylic acids is 1. The van der Waals surface area contributed by atoms with E-state index in [1.165, 1.54) is 0 Å². The maximum atomic E-state index is 14.1. The highest BCUT2D eigenvalue weighted by Gasteiger charge is 2.44. The zero-order valence-electron chi connectivity index (χ0n) is 14.2. The van der Waals surface area contributed by atoms with Crippen molar-refractivity contribution in [1.29, 1.82) is 0 Å². The number of ether oxygens (including phenoxy) is 2. The lowest BCUT2D eigenvalue weighted by Gasteiger charge is -2.17. The Morgan fingerprint density at radius 3 is 2.77 bits per heavy atom. The molecule has 2 heterocycles. The lowest BCUT2D eigenvalue weighted by Crippen LogP contribution is -2.36. The van der Waals surface area contributed by atoms with Gasteiger partial charge in [0.1, 0.15) is 18.3 Å². The average Bonchev–Trinajstić information content (AvgIpc) is 2.89. The molecule has 1 aromatic rings. The predicted molar refractivity (Wildman–Crippen MR) is 86.0 cm³/mol. The van der Waals surface area contributed by atoms with E-state index >= 15 is 0 Å². The summed E-state index contributed by atoms with van der Waals surface area (Å²) in [6.45, 7) is 1.55. The molecule has 4 unspecified atom stereocenters. The number of nitrogens with zero attached hydrogens (tertiary/aromatic N) is 2. The van der Waals surface area contributed by atoms with E-state index in [1.807, 2.05) is 12.2 Å². The summed E-state index contributed by atoms with van der Waals surface area (Å²) < 4.78 is 24.8. The van der Waals surface area contributed by atoms with Crippen molar-refractivity contribution in [1.82, 2.24) is 9.55 Å². The van der Waals surface area contributed by atoms with Crippen molar-refractivity contribution in [3.05, 3.63) is 22.5 Å². The van der Waals surface area contributed by atoms with E-state index in [9.17, 15) is 24.2 Å². The second kappa shape index (κ2) is 9.03. The number of carbonyl (C=O) groups is 1. The van der Waals surface area contributed by atoms with Crippen LogP contribution < -0.4 is 11.0 Å². The largest absolute Gasteiger partial charge is 0.449 e. The highest BCUT2D eigenvalue weighted by Crippen LogP contribution is 2.28. The van der Waals surface area contributed by atoms with E-state index < -0.39 is 54.6 Å². The molecule has 1 aliphatic rings. The second-order valence-corrected chi connectivity index (χ2v) is 5.82. The van der Waals surface area contributed by atoms with Gasteiger partial charge in [-0.2, -0.15) is 4.98 Å². The number of amides is 1. The first-order valence-electron chi connectivity index (χ1n) is 8.24. The number of aromatic nitrogens is 2. The average molecular weight is 375 g/mol. The van der Waals surface area contributed by atoms with Crippen LogP contribution >= 0.6 is 0 Å². The maximum absolute atomic E-state index is 14.1. The highest BCUT2D eigenvalue weighted by molar-refractivity contribution is 5.83. The van der Waals surface area contributed by atoms with E-state index in [-0.39, 0.29) is 6.61 Å². The molecule has 2 rings (SSSR count). The third kappa shape index (κ3) is 4.55. The standard InChI is InChI=1S/C15H22FN3O7/c1-2-3-4-5-25-15(24)18-12-8(16)6-19(14(23)17-12)13-11(22)10(21)9(7-20)26-13/h6,9-11,13,20-22H,2-5,7H2,1H3,(H,17,18,23,24). The Hall–Kier alpha value is -2.08. The number of aliphatic hydroxyl groups is 3. The molecule has 1 aromatic heterocycles. The van der Waals surface area contributed by atoms with Gasteiger partial charge < -0.3 is 24.8 Å². The molecule has 1 fully saturated rings. The van der Waals surface area contributed by atoms with Gasteiger partial charge in [0.25, 0.3) is 0 Å². The molecular weight excluding hydrogens is 353 g/mol. The van der Waals surface area contributed by atoms with Crippen molar-refractivity contribution < 1.29 is 34.0 Å². The van der Waals surface area contributed by atoms with Crippen molar-refractivity contribution >= 4 is 11.9 Å².